The standard InChI is InChI=1S/C20H21BrClN7O3.C2HF3O2/c1-3-32-16-11(9-12(22)13-15(16)28(7-8-30)26-17(13)21)10(2)25-20(31)14-18(23)27-29-6-4-5-24-19(14)29;3-2(4,5)1(6)7/h4-6,9-10,30H,3,7-8H2,1-2H3,(H2,23,27)(H,25,31);(H,6,7). The second-order valence-electron chi connectivity index (χ2n) is 7.82. The van der Waals surface area contributed by atoms with Gasteiger partial charge in [0.1, 0.15) is 15.7 Å². The van der Waals surface area contributed by atoms with Gasteiger partial charge in [0.05, 0.1) is 36.2 Å². The zero-order valence-corrected chi connectivity index (χ0v) is 22.7. The highest BCUT2D eigenvalue weighted by molar-refractivity contribution is 9.10. The van der Waals surface area contributed by atoms with Gasteiger partial charge in [-0.15, -0.1) is 5.10 Å². The minimum atomic E-state index is -5.08. The summed E-state index contributed by atoms with van der Waals surface area (Å²) in [5, 5.41) is 29.2. The van der Waals surface area contributed by atoms with Crippen molar-refractivity contribution in [2.24, 2.45) is 0 Å². The molecule has 0 aliphatic heterocycles. The normalized spacial score (nSPS) is 12.2. The minimum Gasteiger partial charge on any atom is -0.491 e. The van der Waals surface area contributed by atoms with Crippen LogP contribution in [0.25, 0.3) is 16.6 Å². The van der Waals surface area contributed by atoms with E-state index in [9.17, 15) is 23.1 Å². The summed E-state index contributed by atoms with van der Waals surface area (Å²) in [6.07, 6.45) is -1.85. The maximum absolute atomic E-state index is 13.1. The molecule has 210 valence electrons. The molecule has 0 aliphatic rings. The fourth-order valence-electron chi connectivity index (χ4n) is 3.63. The van der Waals surface area contributed by atoms with Gasteiger partial charge in [0, 0.05) is 18.0 Å². The number of nitrogens with one attached hydrogen (secondary N) is 1. The Labute approximate surface area is 231 Å². The first-order chi connectivity index (χ1) is 18.3. The summed E-state index contributed by atoms with van der Waals surface area (Å²) >= 11 is 10.0. The van der Waals surface area contributed by atoms with E-state index in [4.69, 9.17) is 32.0 Å². The van der Waals surface area contributed by atoms with Gasteiger partial charge in [-0.25, -0.2) is 14.3 Å². The molecule has 0 saturated heterocycles. The van der Waals surface area contributed by atoms with Crippen LogP contribution in [0, 0.1) is 0 Å². The number of carbonyl (C=O) groups is 2. The number of halogens is 5. The number of rotatable bonds is 7. The van der Waals surface area contributed by atoms with Crippen molar-refractivity contribution in [1.29, 1.82) is 0 Å². The highest BCUT2D eigenvalue weighted by Crippen LogP contribution is 2.41. The average molecular weight is 637 g/mol. The molecule has 3 heterocycles. The number of aromatic nitrogens is 5. The minimum absolute atomic E-state index is 0.0804. The lowest BCUT2D eigenvalue weighted by molar-refractivity contribution is -0.192. The molecular weight excluding hydrogens is 615 g/mol. The van der Waals surface area contributed by atoms with E-state index in [0.717, 1.165) is 0 Å². The number of aliphatic hydroxyl groups is 1. The SMILES string of the molecule is CCOc1c(C(C)NC(=O)c2c(N)nn3cccnc23)cc(Cl)c2c(Br)nn(CCO)c12.O=C(O)C(F)(F)F. The molecule has 1 unspecified atom stereocenters. The van der Waals surface area contributed by atoms with Gasteiger partial charge >= 0.3 is 12.1 Å². The number of nitrogen functional groups attached to an aromatic ring is 1. The number of nitrogens with zero attached hydrogens (tertiary/aromatic N) is 5. The molecule has 5 N–H and O–H groups in total. The van der Waals surface area contributed by atoms with Gasteiger partial charge in [0.2, 0.25) is 0 Å². The highest BCUT2D eigenvalue weighted by atomic mass is 79.9. The number of benzene rings is 1. The molecule has 39 heavy (non-hydrogen) atoms. The molecule has 1 aromatic carbocycles. The van der Waals surface area contributed by atoms with Gasteiger partial charge in [-0.2, -0.15) is 18.3 Å². The number of aliphatic carboxylic acids is 1. The lowest BCUT2D eigenvalue weighted by Gasteiger charge is -2.20. The fourth-order valence-corrected chi connectivity index (χ4v) is 4.63. The molecule has 0 radical (unpaired) electrons. The zero-order chi connectivity index (χ0) is 29.1. The summed E-state index contributed by atoms with van der Waals surface area (Å²) in [4.78, 5) is 26.2. The van der Waals surface area contributed by atoms with Crippen LogP contribution in [0.1, 0.15) is 35.8 Å². The van der Waals surface area contributed by atoms with Crippen LogP contribution in [0.2, 0.25) is 5.02 Å². The molecule has 17 heteroatoms. The molecule has 0 spiro atoms. The van der Waals surface area contributed by atoms with Crippen LogP contribution < -0.4 is 15.8 Å². The first kappa shape index (κ1) is 29.9. The Morgan fingerprint density at radius 2 is 2.00 bits per heavy atom. The van der Waals surface area contributed by atoms with E-state index in [1.807, 2.05) is 13.8 Å². The van der Waals surface area contributed by atoms with Crippen LogP contribution in [0.5, 0.6) is 5.75 Å². The molecule has 4 rings (SSSR count). The molecule has 0 aliphatic carbocycles. The molecular formula is C22H22BrClF3N7O5. The molecule has 0 fully saturated rings. The molecule has 0 bridgehead atoms. The zero-order valence-electron chi connectivity index (χ0n) is 20.3. The van der Waals surface area contributed by atoms with Crippen molar-refractivity contribution in [2.75, 3.05) is 18.9 Å². The Bertz CT molecular complexity index is 1530. The molecule has 3 aromatic heterocycles. The monoisotopic (exact) mass is 635 g/mol. The van der Waals surface area contributed by atoms with Gasteiger partial charge in [-0.05, 0) is 41.9 Å². The Morgan fingerprint density at radius 1 is 1.33 bits per heavy atom. The second kappa shape index (κ2) is 12.0. The Hall–Kier alpha value is -3.63. The van der Waals surface area contributed by atoms with Crippen LogP contribution in [0.4, 0.5) is 19.0 Å². The number of fused-ring (bicyclic) bond motifs is 2. The van der Waals surface area contributed by atoms with Crippen molar-refractivity contribution < 1.29 is 37.7 Å². The number of anilines is 1. The maximum atomic E-state index is 13.1. The number of carbonyl (C=O) groups excluding carboxylic acids is 1. The van der Waals surface area contributed by atoms with Crippen molar-refractivity contribution in [3.8, 4) is 5.75 Å². The van der Waals surface area contributed by atoms with E-state index in [1.165, 1.54) is 4.52 Å². The number of hydrogen-bond donors (Lipinski definition) is 4. The highest BCUT2D eigenvalue weighted by Gasteiger charge is 2.38. The lowest BCUT2D eigenvalue weighted by Crippen LogP contribution is -2.28. The average Bonchev–Trinajstić information content (AvgIpc) is 3.36. The number of carboxylic acid groups (broad SMARTS) is 1. The van der Waals surface area contributed by atoms with Crippen molar-refractivity contribution in [3.05, 3.63) is 45.3 Å². The van der Waals surface area contributed by atoms with Crippen LogP contribution in [-0.4, -0.2) is 65.9 Å². The van der Waals surface area contributed by atoms with Gasteiger partial charge in [0.25, 0.3) is 5.91 Å². The van der Waals surface area contributed by atoms with Gasteiger partial charge < -0.3 is 26.0 Å². The number of amides is 1. The fraction of sp³-hybridized carbons (Fsp3) is 0.318. The smallest absolute Gasteiger partial charge is 0.490 e. The van der Waals surface area contributed by atoms with Crippen molar-refractivity contribution in [2.45, 2.75) is 32.6 Å². The number of ether oxygens (including phenoxy) is 1. The third kappa shape index (κ3) is 6.34. The van der Waals surface area contributed by atoms with Gasteiger partial charge in [-0.1, -0.05) is 11.6 Å². The van der Waals surface area contributed by atoms with Crippen molar-refractivity contribution in [1.82, 2.24) is 29.7 Å². The summed E-state index contributed by atoms with van der Waals surface area (Å²) in [5.41, 5.74) is 7.82. The summed E-state index contributed by atoms with van der Waals surface area (Å²) in [6, 6.07) is 2.94. The van der Waals surface area contributed by atoms with E-state index in [2.05, 4.69) is 36.4 Å². The quantitative estimate of drug-likeness (QED) is 0.237. The summed E-state index contributed by atoms with van der Waals surface area (Å²) in [6.45, 7) is 4.21. The van der Waals surface area contributed by atoms with Crippen LogP contribution >= 0.6 is 27.5 Å². The summed E-state index contributed by atoms with van der Waals surface area (Å²) in [7, 11) is 0. The molecule has 1 atom stereocenters. The van der Waals surface area contributed by atoms with Crippen molar-refractivity contribution in [3.63, 3.8) is 0 Å². The van der Waals surface area contributed by atoms with E-state index in [0.29, 0.717) is 44.1 Å². The lowest BCUT2D eigenvalue weighted by atomic mass is 10.0. The predicted molar refractivity (Wildman–Crippen MR) is 138 cm³/mol. The second-order valence-corrected chi connectivity index (χ2v) is 8.98. The number of carboxylic acids is 1. The number of nitrogens with two attached hydrogens (primary N) is 1. The maximum Gasteiger partial charge on any atom is 0.490 e. The first-order valence-corrected chi connectivity index (χ1v) is 12.3. The van der Waals surface area contributed by atoms with Crippen molar-refractivity contribution >= 4 is 61.8 Å². The van der Waals surface area contributed by atoms with Crippen LogP contribution in [-0.2, 0) is 11.3 Å². The van der Waals surface area contributed by atoms with E-state index >= 15 is 0 Å². The Kier molecular flexibility index (Phi) is 9.24. The molecule has 0 saturated carbocycles. The van der Waals surface area contributed by atoms with Gasteiger partial charge in [-0.3, -0.25) is 9.48 Å². The van der Waals surface area contributed by atoms with E-state index in [1.54, 1.807) is 29.2 Å². The molecule has 1 amide bonds. The van der Waals surface area contributed by atoms with Crippen LogP contribution in [0.3, 0.4) is 0 Å². The topological polar surface area (TPSA) is 170 Å². The Balaban J connectivity index is 0.000000532. The predicted octanol–water partition coefficient (Wildman–Crippen LogP) is 3.59. The number of hydrogen-bond acceptors (Lipinski definition) is 8. The van der Waals surface area contributed by atoms with Gasteiger partial charge in [0.15, 0.2) is 17.2 Å². The Morgan fingerprint density at radius 3 is 2.59 bits per heavy atom. The third-order valence-corrected chi connectivity index (χ3v) is 6.07. The molecule has 12 nitrogen and oxygen atoms in total. The van der Waals surface area contributed by atoms with Crippen LogP contribution in [0.15, 0.2) is 29.1 Å². The third-order valence-electron chi connectivity index (χ3n) is 5.21. The number of aliphatic hydroxyl groups excluding tert-OH is 1. The largest absolute Gasteiger partial charge is 0.491 e. The molecule has 4 aromatic rings. The van der Waals surface area contributed by atoms with E-state index in [-0.39, 0.29) is 24.5 Å². The summed E-state index contributed by atoms with van der Waals surface area (Å²) < 4.78 is 41.3. The number of alkyl halides is 3. The summed E-state index contributed by atoms with van der Waals surface area (Å²) in [5.74, 6) is -2.57. The first-order valence-electron chi connectivity index (χ1n) is 11.1. The van der Waals surface area contributed by atoms with E-state index < -0.39 is 24.1 Å².